The van der Waals surface area contributed by atoms with E-state index in [4.69, 9.17) is 5.73 Å². The molecule has 0 bridgehead atoms. The molecular weight excluding hydrogens is 397 g/mol. The normalized spacial score (nSPS) is 14.2. The molecule has 1 aromatic heterocycles. The van der Waals surface area contributed by atoms with E-state index in [2.05, 4.69) is 15.7 Å². The summed E-state index contributed by atoms with van der Waals surface area (Å²) in [4.78, 5) is 17.7. The SMILES string of the molecule is Cc1nc(CSc2ccc(C(=O)NCC(N)C3CC3)cc2)cs1.Cl.Cl. The summed E-state index contributed by atoms with van der Waals surface area (Å²) >= 11 is 3.40. The molecule has 1 unspecified atom stereocenters. The average Bonchev–Trinajstić information content (AvgIpc) is 3.33. The Morgan fingerprint density at radius 3 is 2.60 bits per heavy atom. The van der Waals surface area contributed by atoms with Crippen LogP contribution >= 0.6 is 47.9 Å². The van der Waals surface area contributed by atoms with Gasteiger partial charge in [0.1, 0.15) is 0 Å². The maximum atomic E-state index is 12.1. The number of thiazole rings is 1. The van der Waals surface area contributed by atoms with E-state index in [0.717, 1.165) is 21.3 Å². The van der Waals surface area contributed by atoms with E-state index in [1.165, 1.54) is 12.8 Å². The van der Waals surface area contributed by atoms with E-state index in [-0.39, 0.29) is 36.8 Å². The number of nitrogens with two attached hydrogens (primary N) is 1. The van der Waals surface area contributed by atoms with Crippen LogP contribution in [0.15, 0.2) is 34.5 Å². The van der Waals surface area contributed by atoms with Crippen LogP contribution in [-0.2, 0) is 5.75 Å². The zero-order chi connectivity index (χ0) is 16.2. The maximum absolute atomic E-state index is 12.1. The number of hydrogen-bond acceptors (Lipinski definition) is 5. The highest BCUT2D eigenvalue weighted by Crippen LogP contribution is 2.31. The Labute approximate surface area is 169 Å². The molecule has 1 saturated carbocycles. The van der Waals surface area contributed by atoms with E-state index in [1.54, 1.807) is 23.1 Å². The van der Waals surface area contributed by atoms with Crippen molar-refractivity contribution in [2.75, 3.05) is 6.54 Å². The van der Waals surface area contributed by atoms with Gasteiger partial charge in [-0.2, -0.15) is 0 Å². The summed E-state index contributed by atoms with van der Waals surface area (Å²) in [6.45, 7) is 2.57. The number of rotatable bonds is 7. The van der Waals surface area contributed by atoms with Gasteiger partial charge in [0.2, 0.25) is 0 Å². The molecule has 4 nitrogen and oxygen atoms in total. The minimum absolute atomic E-state index is 0. The first-order valence-corrected chi connectivity index (χ1v) is 9.66. The fourth-order valence-electron chi connectivity index (χ4n) is 2.34. The minimum Gasteiger partial charge on any atom is -0.350 e. The molecule has 1 atom stereocenters. The van der Waals surface area contributed by atoms with Crippen molar-refractivity contribution in [2.45, 2.75) is 36.5 Å². The van der Waals surface area contributed by atoms with Gasteiger partial charge < -0.3 is 11.1 Å². The van der Waals surface area contributed by atoms with Crippen molar-refractivity contribution in [3.05, 3.63) is 45.9 Å². The Bertz CT molecular complexity index is 675. The van der Waals surface area contributed by atoms with Gasteiger partial charge in [-0.15, -0.1) is 47.9 Å². The van der Waals surface area contributed by atoms with Gasteiger partial charge in [0.15, 0.2) is 0 Å². The van der Waals surface area contributed by atoms with Crippen molar-refractivity contribution >= 4 is 53.8 Å². The molecular formula is C17H23Cl2N3OS2. The zero-order valence-electron chi connectivity index (χ0n) is 13.9. The molecule has 1 aliphatic rings. The number of aryl methyl sites for hydroxylation is 1. The van der Waals surface area contributed by atoms with E-state index in [1.807, 2.05) is 31.2 Å². The van der Waals surface area contributed by atoms with Crippen molar-refractivity contribution in [1.82, 2.24) is 10.3 Å². The second kappa shape index (κ2) is 10.4. The van der Waals surface area contributed by atoms with Crippen LogP contribution < -0.4 is 11.1 Å². The molecule has 0 spiro atoms. The van der Waals surface area contributed by atoms with Crippen LogP contribution in [0.2, 0.25) is 0 Å². The molecule has 2 aromatic rings. The number of amides is 1. The highest BCUT2D eigenvalue weighted by Gasteiger charge is 2.28. The van der Waals surface area contributed by atoms with E-state index >= 15 is 0 Å². The predicted octanol–water partition coefficient (Wildman–Crippen LogP) is 4.05. The summed E-state index contributed by atoms with van der Waals surface area (Å²) in [7, 11) is 0. The summed E-state index contributed by atoms with van der Waals surface area (Å²) in [5.74, 6) is 1.41. The Hall–Kier alpha value is -0.790. The third-order valence-corrected chi connectivity index (χ3v) is 5.76. The second-order valence-corrected chi connectivity index (χ2v) is 7.99. The van der Waals surface area contributed by atoms with Crippen molar-refractivity contribution in [3.8, 4) is 0 Å². The largest absolute Gasteiger partial charge is 0.350 e. The topological polar surface area (TPSA) is 68.0 Å². The molecule has 3 rings (SSSR count). The fraction of sp³-hybridized carbons (Fsp3) is 0.412. The summed E-state index contributed by atoms with van der Waals surface area (Å²) < 4.78 is 0. The summed E-state index contributed by atoms with van der Waals surface area (Å²) in [6, 6.07) is 7.80. The Morgan fingerprint density at radius 2 is 2.04 bits per heavy atom. The van der Waals surface area contributed by atoms with Crippen LogP contribution in [0, 0.1) is 12.8 Å². The number of nitrogens with one attached hydrogen (secondary N) is 1. The van der Waals surface area contributed by atoms with E-state index in [0.29, 0.717) is 18.0 Å². The van der Waals surface area contributed by atoms with Crippen molar-refractivity contribution in [1.29, 1.82) is 0 Å². The van der Waals surface area contributed by atoms with Crippen molar-refractivity contribution < 1.29 is 4.79 Å². The standard InChI is InChI=1S/C17H21N3OS2.2ClH/c1-11-20-14(9-22-11)10-23-15-6-4-13(5-7-15)17(21)19-8-16(18)12-2-3-12;;/h4-7,9,12,16H,2-3,8,10,18H2,1H3,(H,19,21);2*1H. The Balaban J connectivity index is 0.00000156. The van der Waals surface area contributed by atoms with Crippen LogP contribution in [0.5, 0.6) is 0 Å². The van der Waals surface area contributed by atoms with Gasteiger partial charge in [0, 0.05) is 34.2 Å². The van der Waals surface area contributed by atoms with Crippen LogP contribution in [-0.4, -0.2) is 23.5 Å². The van der Waals surface area contributed by atoms with Crippen LogP contribution in [0.4, 0.5) is 0 Å². The molecule has 25 heavy (non-hydrogen) atoms. The zero-order valence-corrected chi connectivity index (χ0v) is 17.2. The van der Waals surface area contributed by atoms with Crippen molar-refractivity contribution in [3.63, 3.8) is 0 Å². The number of carbonyl (C=O) groups is 1. The van der Waals surface area contributed by atoms with Gasteiger partial charge in [0.05, 0.1) is 10.7 Å². The quantitative estimate of drug-likeness (QED) is 0.663. The third-order valence-electron chi connectivity index (χ3n) is 3.90. The molecule has 3 N–H and O–H groups in total. The Kier molecular flexibility index (Phi) is 9.24. The average molecular weight is 420 g/mol. The summed E-state index contributed by atoms with van der Waals surface area (Å²) in [5, 5.41) is 6.11. The van der Waals surface area contributed by atoms with Crippen molar-refractivity contribution in [2.24, 2.45) is 11.7 Å². The molecule has 0 radical (unpaired) electrons. The first-order valence-electron chi connectivity index (χ1n) is 7.79. The third kappa shape index (κ3) is 6.79. The molecule has 8 heteroatoms. The smallest absolute Gasteiger partial charge is 0.251 e. The highest BCUT2D eigenvalue weighted by atomic mass is 35.5. The number of carbonyl (C=O) groups excluding carboxylic acids is 1. The number of benzene rings is 1. The minimum atomic E-state index is -0.0484. The lowest BCUT2D eigenvalue weighted by atomic mass is 10.2. The number of aromatic nitrogens is 1. The van der Waals surface area contributed by atoms with E-state index < -0.39 is 0 Å². The monoisotopic (exact) mass is 419 g/mol. The lowest BCUT2D eigenvalue weighted by Crippen LogP contribution is -2.38. The summed E-state index contributed by atoms with van der Waals surface area (Å²) in [5.41, 5.74) is 7.79. The van der Waals surface area contributed by atoms with Gasteiger partial charge in [-0.1, -0.05) is 0 Å². The molecule has 0 saturated heterocycles. The van der Waals surface area contributed by atoms with Gasteiger partial charge in [-0.3, -0.25) is 4.79 Å². The molecule has 138 valence electrons. The molecule has 1 amide bonds. The van der Waals surface area contributed by atoms with E-state index in [9.17, 15) is 4.79 Å². The van der Waals surface area contributed by atoms with Gasteiger partial charge in [0.25, 0.3) is 5.91 Å². The molecule has 1 aliphatic carbocycles. The Morgan fingerprint density at radius 1 is 1.36 bits per heavy atom. The molecule has 1 heterocycles. The first-order chi connectivity index (χ1) is 11.1. The number of halogens is 2. The number of nitrogens with zero attached hydrogens (tertiary/aromatic N) is 1. The summed E-state index contributed by atoms with van der Waals surface area (Å²) in [6.07, 6.45) is 2.39. The highest BCUT2D eigenvalue weighted by molar-refractivity contribution is 7.98. The predicted molar refractivity (Wildman–Crippen MR) is 110 cm³/mol. The van der Waals surface area contributed by atoms with Gasteiger partial charge in [-0.25, -0.2) is 4.98 Å². The number of thioether (sulfide) groups is 1. The second-order valence-electron chi connectivity index (χ2n) is 5.88. The lowest BCUT2D eigenvalue weighted by molar-refractivity contribution is 0.0950. The maximum Gasteiger partial charge on any atom is 0.251 e. The van der Waals surface area contributed by atoms with Crippen LogP contribution in [0.3, 0.4) is 0 Å². The van der Waals surface area contributed by atoms with Gasteiger partial charge in [-0.05, 0) is 49.9 Å². The van der Waals surface area contributed by atoms with Gasteiger partial charge >= 0.3 is 0 Å². The van der Waals surface area contributed by atoms with Crippen LogP contribution in [0.25, 0.3) is 0 Å². The number of hydrogen-bond donors (Lipinski definition) is 2. The molecule has 0 aliphatic heterocycles. The van der Waals surface area contributed by atoms with Crippen LogP contribution in [0.1, 0.15) is 33.9 Å². The molecule has 1 aromatic carbocycles. The lowest BCUT2D eigenvalue weighted by Gasteiger charge is -2.11. The fourth-order valence-corrected chi connectivity index (χ4v) is 3.85. The first kappa shape index (κ1) is 22.3. The molecule has 1 fully saturated rings.